The van der Waals surface area contributed by atoms with Gasteiger partial charge in [-0.25, -0.2) is 18.4 Å². The summed E-state index contributed by atoms with van der Waals surface area (Å²) in [4.78, 5) is 14.6. The van der Waals surface area contributed by atoms with Crippen molar-refractivity contribution >= 4 is 49.2 Å². The Morgan fingerprint density at radius 1 is 1.11 bits per heavy atom. The van der Waals surface area contributed by atoms with E-state index in [1.807, 2.05) is 24.4 Å². The zero-order valence-electron chi connectivity index (χ0n) is 19.9. The van der Waals surface area contributed by atoms with Crippen LogP contribution in [0.4, 0.5) is 17.6 Å². The van der Waals surface area contributed by atoms with Crippen LogP contribution in [0.2, 0.25) is 0 Å². The van der Waals surface area contributed by atoms with Gasteiger partial charge in [0, 0.05) is 36.1 Å². The first-order valence-electron chi connectivity index (χ1n) is 12.2. The highest BCUT2D eigenvalue weighted by atomic mass is 32.2. The van der Waals surface area contributed by atoms with Crippen LogP contribution in [0.25, 0.3) is 10.2 Å². The van der Waals surface area contributed by atoms with Gasteiger partial charge in [0.15, 0.2) is 10.8 Å². The Morgan fingerprint density at radius 2 is 1.92 bits per heavy atom. The minimum absolute atomic E-state index is 0.0752. The Labute approximate surface area is 213 Å². The quantitative estimate of drug-likeness (QED) is 0.338. The molecule has 0 aromatic carbocycles. The monoisotopic (exact) mass is 524 g/mol. The highest BCUT2D eigenvalue weighted by molar-refractivity contribution is 7.89. The third-order valence-corrected chi connectivity index (χ3v) is 9.68. The molecule has 2 bridgehead atoms. The van der Waals surface area contributed by atoms with Crippen molar-refractivity contribution in [3.8, 4) is 0 Å². The Morgan fingerprint density at radius 3 is 2.61 bits per heavy atom. The van der Waals surface area contributed by atoms with E-state index in [0.717, 1.165) is 41.6 Å². The molecule has 10 nitrogen and oxygen atoms in total. The van der Waals surface area contributed by atoms with Gasteiger partial charge in [-0.2, -0.15) is 14.4 Å². The van der Waals surface area contributed by atoms with Gasteiger partial charge in [-0.1, -0.05) is 18.9 Å². The number of anilines is 3. The summed E-state index contributed by atoms with van der Waals surface area (Å²) in [5.41, 5.74) is 0.960. The third kappa shape index (κ3) is 4.44. The van der Waals surface area contributed by atoms with Gasteiger partial charge < -0.3 is 10.6 Å². The summed E-state index contributed by atoms with van der Waals surface area (Å²) in [5.74, 6) is 1.94. The number of nitrogens with zero attached hydrogens (tertiary/aromatic N) is 5. The fraction of sp³-hybridized carbons (Fsp3) is 0.417. The first-order chi connectivity index (χ1) is 17.5. The maximum Gasteiger partial charge on any atom is 0.261 e. The molecule has 2 saturated heterocycles. The van der Waals surface area contributed by atoms with Crippen molar-refractivity contribution in [2.24, 2.45) is 0 Å². The fourth-order valence-corrected chi connectivity index (χ4v) is 8.02. The zero-order chi connectivity index (χ0) is 24.7. The molecule has 0 aliphatic carbocycles. The Hall–Kier alpha value is -3.09. The number of aryl methyl sites for hydroxylation is 1. The van der Waals surface area contributed by atoms with Crippen molar-refractivity contribution in [2.45, 2.75) is 68.6 Å². The van der Waals surface area contributed by atoms with E-state index < -0.39 is 10.0 Å². The average molecular weight is 525 g/mol. The molecule has 12 heteroatoms. The van der Waals surface area contributed by atoms with Crippen LogP contribution in [0, 0.1) is 6.92 Å². The topological polar surface area (TPSA) is 129 Å². The lowest BCUT2D eigenvalue weighted by Gasteiger charge is -2.42. The Balaban J connectivity index is 1.26. The first kappa shape index (κ1) is 23.3. The van der Waals surface area contributed by atoms with E-state index in [1.165, 1.54) is 0 Å². The van der Waals surface area contributed by atoms with Crippen molar-refractivity contribution in [2.75, 3.05) is 10.6 Å². The second kappa shape index (κ2) is 9.41. The minimum Gasteiger partial charge on any atom is -0.351 e. The molecule has 1 unspecified atom stereocenters. The number of rotatable bonds is 6. The van der Waals surface area contributed by atoms with E-state index in [2.05, 4.69) is 25.8 Å². The lowest BCUT2D eigenvalue weighted by molar-refractivity contribution is 0.171. The van der Waals surface area contributed by atoms with Crippen molar-refractivity contribution in [1.29, 1.82) is 0 Å². The maximum atomic E-state index is 13.6. The lowest BCUT2D eigenvalue weighted by atomic mass is 9.93. The molecule has 2 fully saturated rings. The van der Waals surface area contributed by atoms with E-state index in [1.54, 1.807) is 40.0 Å². The van der Waals surface area contributed by atoms with Crippen molar-refractivity contribution in [3.63, 3.8) is 0 Å². The third-order valence-electron chi connectivity index (χ3n) is 6.95. The predicted molar refractivity (Wildman–Crippen MR) is 140 cm³/mol. The lowest BCUT2D eigenvalue weighted by Crippen LogP contribution is -2.54. The molecule has 0 radical (unpaired) electrons. The second-order valence-corrected chi connectivity index (χ2v) is 12.2. The SMILES string of the molecule is Cc1cc(Nc2nc(NC3C[C@H]4CCCC[C@@H](C3)N4S(=O)(=O)c3ccccn3)nc3sccc23)n[nH]1. The molecule has 2 aliphatic rings. The summed E-state index contributed by atoms with van der Waals surface area (Å²) in [7, 11) is -3.66. The van der Waals surface area contributed by atoms with Gasteiger partial charge in [-0.05, 0) is 56.2 Å². The van der Waals surface area contributed by atoms with Gasteiger partial charge >= 0.3 is 0 Å². The van der Waals surface area contributed by atoms with Crippen LogP contribution in [0.1, 0.15) is 44.2 Å². The average Bonchev–Trinajstić information content (AvgIpc) is 3.47. The van der Waals surface area contributed by atoms with Crippen molar-refractivity contribution in [1.82, 2.24) is 29.5 Å². The number of hydrogen-bond donors (Lipinski definition) is 3. The van der Waals surface area contributed by atoms with Crippen LogP contribution in [0.5, 0.6) is 0 Å². The summed E-state index contributed by atoms with van der Waals surface area (Å²) >= 11 is 1.56. The molecule has 6 rings (SSSR count). The molecule has 4 aromatic heterocycles. The minimum atomic E-state index is -3.66. The maximum absolute atomic E-state index is 13.6. The zero-order valence-corrected chi connectivity index (χ0v) is 21.5. The van der Waals surface area contributed by atoms with Crippen LogP contribution in [-0.4, -0.2) is 56.0 Å². The van der Waals surface area contributed by atoms with Gasteiger partial charge in [0.25, 0.3) is 10.0 Å². The normalized spacial score (nSPS) is 22.9. The van der Waals surface area contributed by atoms with E-state index in [0.29, 0.717) is 30.4 Å². The second-order valence-electron chi connectivity index (χ2n) is 9.50. The summed E-state index contributed by atoms with van der Waals surface area (Å²) in [5, 5.41) is 17.1. The summed E-state index contributed by atoms with van der Waals surface area (Å²) < 4.78 is 28.9. The van der Waals surface area contributed by atoms with E-state index >= 15 is 0 Å². The van der Waals surface area contributed by atoms with E-state index in [4.69, 9.17) is 9.97 Å². The molecule has 188 valence electrons. The molecule has 3 N–H and O–H groups in total. The smallest absolute Gasteiger partial charge is 0.261 e. The van der Waals surface area contributed by atoms with Crippen molar-refractivity contribution in [3.05, 3.63) is 47.6 Å². The number of fused-ring (bicyclic) bond motifs is 3. The molecule has 2 aliphatic heterocycles. The standard InChI is InChI=1S/C24H28N8O2S2/c1-15-12-20(31-30-15)27-22-19-9-11-35-23(19)29-24(28-22)26-16-13-17-6-2-3-7-18(14-16)32(17)36(33,34)21-8-4-5-10-25-21/h4-5,8-12,16-18H,2-3,6-7,13-14H2,1H3,(H3,26,27,28,29,30,31)/t16?,17-,18+. The number of nitrogens with one attached hydrogen (secondary N) is 3. The van der Waals surface area contributed by atoms with Crippen molar-refractivity contribution < 1.29 is 8.42 Å². The number of sulfonamides is 1. The largest absolute Gasteiger partial charge is 0.351 e. The fourth-order valence-electron chi connectivity index (χ4n) is 5.43. The van der Waals surface area contributed by atoms with Gasteiger partial charge in [0.05, 0.1) is 5.39 Å². The molecule has 0 saturated carbocycles. The number of pyridine rings is 1. The highest BCUT2D eigenvalue weighted by Crippen LogP contribution is 2.38. The first-order valence-corrected chi connectivity index (χ1v) is 14.5. The van der Waals surface area contributed by atoms with Gasteiger partial charge in [0.2, 0.25) is 5.95 Å². The summed E-state index contributed by atoms with van der Waals surface area (Å²) in [6.07, 6.45) is 6.69. The number of hydrogen-bond acceptors (Lipinski definition) is 9. The van der Waals surface area contributed by atoms with Crippen LogP contribution in [0.3, 0.4) is 0 Å². The molecule has 0 amide bonds. The molecule has 36 heavy (non-hydrogen) atoms. The number of aromatic nitrogens is 5. The van der Waals surface area contributed by atoms with Crippen LogP contribution >= 0.6 is 11.3 Å². The number of aromatic amines is 1. The van der Waals surface area contributed by atoms with Crippen LogP contribution < -0.4 is 10.6 Å². The van der Waals surface area contributed by atoms with Gasteiger partial charge in [-0.15, -0.1) is 11.3 Å². The molecule has 6 heterocycles. The van der Waals surface area contributed by atoms with Gasteiger partial charge in [-0.3, -0.25) is 5.10 Å². The Bertz CT molecular complexity index is 1450. The van der Waals surface area contributed by atoms with Crippen LogP contribution in [-0.2, 0) is 10.0 Å². The number of piperidine rings is 1. The molecular weight excluding hydrogens is 496 g/mol. The molecule has 0 spiro atoms. The van der Waals surface area contributed by atoms with E-state index in [-0.39, 0.29) is 23.2 Å². The predicted octanol–water partition coefficient (Wildman–Crippen LogP) is 4.44. The van der Waals surface area contributed by atoms with E-state index in [9.17, 15) is 8.42 Å². The highest BCUT2D eigenvalue weighted by Gasteiger charge is 2.44. The number of H-pyrrole nitrogens is 1. The molecule has 3 atom stereocenters. The van der Waals surface area contributed by atoms with Crippen LogP contribution in [0.15, 0.2) is 46.9 Å². The summed E-state index contributed by atoms with van der Waals surface area (Å²) in [6, 6.07) is 8.90. The molecule has 4 aromatic rings. The van der Waals surface area contributed by atoms with Gasteiger partial charge in [0.1, 0.15) is 10.6 Å². The Kier molecular flexibility index (Phi) is 6.10. The number of thiophene rings is 1. The summed E-state index contributed by atoms with van der Waals surface area (Å²) in [6.45, 7) is 1.95. The molecular formula is C24H28N8O2S2.